The third-order valence-corrected chi connectivity index (χ3v) is 4.07. The molecule has 0 fully saturated rings. The molecule has 20 heavy (non-hydrogen) atoms. The van der Waals surface area contributed by atoms with Crippen molar-refractivity contribution in [3.05, 3.63) is 51.3 Å². The van der Waals surface area contributed by atoms with Crippen LogP contribution >= 0.6 is 0 Å². The van der Waals surface area contributed by atoms with E-state index in [2.05, 4.69) is 56.5 Å². The van der Waals surface area contributed by atoms with Gasteiger partial charge in [0.05, 0.1) is 12.2 Å². The van der Waals surface area contributed by atoms with Gasteiger partial charge in [0.2, 0.25) is 0 Å². The molecule has 0 amide bonds. The number of hydrogen-bond donors (Lipinski definition) is 1. The van der Waals surface area contributed by atoms with E-state index in [1.54, 1.807) is 0 Å². The molecular weight excluding hydrogens is 246 g/mol. The first-order chi connectivity index (χ1) is 9.43. The summed E-state index contributed by atoms with van der Waals surface area (Å²) in [7, 11) is 0. The van der Waals surface area contributed by atoms with Gasteiger partial charge in [-0.15, -0.1) is 0 Å². The molecule has 0 aliphatic heterocycles. The monoisotopic (exact) mass is 271 g/mol. The number of nitrogens with zero attached hydrogens (tertiary/aromatic N) is 2. The van der Waals surface area contributed by atoms with Gasteiger partial charge in [0.15, 0.2) is 0 Å². The summed E-state index contributed by atoms with van der Waals surface area (Å²) < 4.78 is 2.12. The Morgan fingerprint density at radius 2 is 1.60 bits per heavy atom. The first kappa shape index (κ1) is 14.8. The van der Waals surface area contributed by atoms with Crippen molar-refractivity contribution in [1.82, 2.24) is 9.78 Å². The van der Waals surface area contributed by atoms with Crippen LogP contribution in [0.5, 0.6) is 0 Å². The van der Waals surface area contributed by atoms with E-state index < -0.39 is 0 Å². The van der Waals surface area contributed by atoms with E-state index in [1.807, 2.05) is 0 Å². The predicted octanol–water partition coefficient (Wildman–Crippen LogP) is 2.97. The molecule has 2 rings (SSSR count). The SMILES string of the molecule is Cc1cc(C)c(Cn2nc(C)c(CCN)c2C)c(C)c1. The summed E-state index contributed by atoms with van der Waals surface area (Å²) in [4.78, 5) is 0. The van der Waals surface area contributed by atoms with Gasteiger partial charge in [-0.1, -0.05) is 17.7 Å². The Balaban J connectivity index is 2.38. The van der Waals surface area contributed by atoms with Crippen LogP contribution in [0.1, 0.15) is 39.2 Å². The maximum atomic E-state index is 5.69. The minimum absolute atomic E-state index is 0.677. The Bertz CT molecular complexity index is 600. The number of aromatic nitrogens is 2. The van der Waals surface area contributed by atoms with E-state index in [0.29, 0.717) is 6.54 Å². The molecule has 0 spiro atoms. The standard InChI is InChI=1S/C17H25N3/c1-11-8-12(2)17(13(3)9-11)10-20-15(5)16(6-7-18)14(4)19-20/h8-9H,6-7,10,18H2,1-5H3. The van der Waals surface area contributed by atoms with Gasteiger partial charge in [0, 0.05) is 5.69 Å². The van der Waals surface area contributed by atoms with Gasteiger partial charge in [-0.25, -0.2) is 0 Å². The average molecular weight is 271 g/mol. The highest BCUT2D eigenvalue weighted by molar-refractivity contribution is 5.38. The second-order valence-corrected chi connectivity index (χ2v) is 5.72. The van der Waals surface area contributed by atoms with Crippen LogP contribution in [0.2, 0.25) is 0 Å². The fourth-order valence-electron chi connectivity index (χ4n) is 3.00. The van der Waals surface area contributed by atoms with Crippen molar-refractivity contribution in [2.24, 2.45) is 5.73 Å². The highest BCUT2D eigenvalue weighted by atomic mass is 15.3. The van der Waals surface area contributed by atoms with Crippen molar-refractivity contribution in [3.63, 3.8) is 0 Å². The second-order valence-electron chi connectivity index (χ2n) is 5.72. The average Bonchev–Trinajstić information content (AvgIpc) is 2.62. The third kappa shape index (κ3) is 2.78. The fraction of sp³-hybridized carbons (Fsp3) is 0.471. The van der Waals surface area contributed by atoms with Crippen LogP contribution in [0, 0.1) is 34.6 Å². The number of benzene rings is 1. The van der Waals surface area contributed by atoms with Gasteiger partial charge in [0.1, 0.15) is 0 Å². The molecule has 1 aromatic heterocycles. The summed E-state index contributed by atoms with van der Waals surface area (Å²) >= 11 is 0. The molecule has 2 N–H and O–H groups in total. The molecule has 108 valence electrons. The Kier molecular flexibility index (Phi) is 4.29. The zero-order valence-electron chi connectivity index (χ0n) is 13.2. The van der Waals surface area contributed by atoms with E-state index in [4.69, 9.17) is 5.73 Å². The van der Waals surface area contributed by atoms with Crippen molar-refractivity contribution in [2.45, 2.75) is 47.6 Å². The maximum Gasteiger partial charge on any atom is 0.0667 e. The van der Waals surface area contributed by atoms with Gasteiger partial charge in [-0.2, -0.15) is 5.10 Å². The predicted molar refractivity (Wildman–Crippen MR) is 84.2 cm³/mol. The molecule has 2 aromatic rings. The van der Waals surface area contributed by atoms with Gasteiger partial charge in [-0.3, -0.25) is 4.68 Å². The lowest BCUT2D eigenvalue weighted by Crippen LogP contribution is -2.08. The van der Waals surface area contributed by atoms with Crippen LogP contribution < -0.4 is 5.73 Å². The summed E-state index contributed by atoms with van der Waals surface area (Å²) in [6.07, 6.45) is 0.906. The molecule has 0 bridgehead atoms. The van der Waals surface area contributed by atoms with Crippen molar-refractivity contribution < 1.29 is 0 Å². The lowest BCUT2D eigenvalue weighted by molar-refractivity contribution is 0.653. The van der Waals surface area contributed by atoms with Gasteiger partial charge in [0.25, 0.3) is 0 Å². The summed E-state index contributed by atoms with van der Waals surface area (Å²) in [6, 6.07) is 4.49. The summed E-state index contributed by atoms with van der Waals surface area (Å²) in [5.74, 6) is 0. The van der Waals surface area contributed by atoms with Crippen molar-refractivity contribution in [2.75, 3.05) is 6.54 Å². The Labute approximate surface area is 121 Å². The Morgan fingerprint density at radius 3 is 2.15 bits per heavy atom. The lowest BCUT2D eigenvalue weighted by atomic mass is 10.00. The summed E-state index contributed by atoms with van der Waals surface area (Å²) in [5, 5.41) is 4.69. The first-order valence-corrected chi connectivity index (χ1v) is 7.23. The molecule has 0 aliphatic carbocycles. The van der Waals surface area contributed by atoms with Crippen molar-refractivity contribution >= 4 is 0 Å². The molecular formula is C17H25N3. The zero-order valence-corrected chi connectivity index (χ0v) is 13.2. The molecule has 1 heterocycles. The van der Waals surface area contributed by atoms with Crippen molar-refractivity contribution in [3.8, 4) is 0 Å². The van der Waals surface area contributed by atoms with E-state index in [1.165, 1.54) is 33.5 Å². The molecule has 0 aliphatic rings. The maximum absolute atomic E-state index is 5.69. The minimum atomic E-state index is 0.677. The number of hydrogen-bond acceptors (Lipinski definition) is 2. The number of aryl methyl sites for hydroxylation is 4. The summed E-state index contributed by atoms with van der Waals surface area (Å²) in [5.41, 5.74) is 14.7. The molecule has 0 unspecified atom stereocenters. The minimum Gasteiger partial charge on any atom is -0.330 e. The molecule has 0 saturated heterocycles. The molecule has 3 nitrogen and oxygen atoms in total. The molecule has 0 radical (unpaired) electrons. The van der Waals surface area contributed by atoms with Gasteiger partial charge < -0.3 is 5.73 Å². The molecule has 0 atom stereocenters. The van der Waals surface area contributed by atoms with Gasteiger partial charge in [-0.05, 0) is 69.8 Å². The third-order valence-electron chi connectivity index (χ3n) is 4.07. The topological polar surface area (TPSA) is 43.8 Å². The van der Waals surface area contributed by atoms with Crippen LogP contribution in [0.25, 0.3) is 0 Å². The smallest absolute Gasteiger partial charge is 0.0667 e. The summed E-state index contributed by atoms with van der Waals surface area (Å²) in [6.45, 7) is 12.2. The fourth-order valence-corrected chi connectivity index (χ4v) is 3.00. The van der Waals surface area contributed by atoms with Crippen LogP contribution in [0.3, 0.4) is 0 Å². The quantitative estimate of drug-likeness (QED) is 0.929. The van der Waals surface area contributed by atoms with E-state index in [0.717, 1.165) is 18.7 Å². The normalized spacial score (nSPS) is 11.1. The first-order valence-electron chi connectivity index (χ1n) is 7.23. The highest BCUT2D eigenvalue weighted by Crippen LogP contribution is 2.20. The van der Waals surface area contributed by atoms with Crippen LogP contribution in [0.15, 0.2) is 12.1 Å². The number of rotatable bonds is 4. The lowest BCUT2D eigenvalue weighted by Gasteiger charge is -2.13. The zero-order chi connectivity index (χ0) is 14.9. The highest BCUT2D eigenvalue weighted by Gasteiger charge is 2.12. The Hall–Kier alpha value is -1.61. The van der Waals surface area contributed by atoms with E-state index >= 15 is 0 Å². The largest absolute Gasteiger partial charge is 0.330 e. The van der Waals surface area contributed by atoms with E-state index in [9.17, 15) is 0 Å². The van der Waals surface area contributed by atoms with Crippen LogP contribution in [0.4, 0.5) is 0 Å². The molecule has 1 aromatic carbocycles. The molecule has 0 saturated carbocycles. The second kappa shape index (κ2) is 5.80. The van der Waals surface area contributed by atoms with Crippen molar-refractivity contribution in [1.29, 1.82) is 0 Å². The number of nitrogens with two attached hydrogens (primary N) is 1. The Morgan fingerprint density at radius 1 is 1.00 bits per heavy atom. The molecule has 3 heteroatoms. The van der Waals surface area contributed by atoms with Crippen LogP contribution in [-0.2, 0) is 13.0 Å². The van der Waals surface area contributed by atoms with Crippen LogP contribution in [-0.4, -0.2) is 16.3 Å². The van der Waals surface area contributed by atoms with E-state index in [-0.39, 0.29) is 0 Å². The van der Waals surface area contributed by atoms with Gasteiger partial charge >= 0.3 is 0 Å².